The Labute approximate surface area is 179 Å². The number of nitrogens with zero attached hydrogens (tertiary/aromatic N) is 7. The van der Waals surface area contributed by atoms with E-state index in [4.69, 9.17) is 9.26 Å². The zero-order valence-corrected chi connectivity index (χ0v) is 17.5. The number of hydrogen-bond donors (Lipinski definition) is 0. The highest BCUT2D eigenvalue weighted by Crippen LogP contribution is 2.21. The minimum Gasteiger partial charge on any atom is -0.378 e. The van der Waals surface area contributed by atoms with E-state index >= 15 is 0 Å². The van der Waals surface area contributed by atoms with Crippen LogP contribution in [0.25, 0.3) is 23.1 Å². The van der Waals surface area contributed by atoms with Crippen molar-refractivity contribution in [2.75, 3.05) is 31.2 Å². The number of ether oxygens (including phenoxy) is 1. The van der Waals surface area contributed by atoms with Crippen LogP contribution in [0.1, 0.15) is 17.0 Å². The molecule has 1 saturated heterocycles. The largest absolute Gasteiger partial charge is 0.378 e. The van der Waals surface area contributed by atoms with Gasteiger partial charge in [-0.15, -0.1) is 5.10 Å². The maximum absolute atomic E-state index is 5.43. The molecule has 9 heteroatoms. The number of anilines is 1. The third kappa shape index (κ3) is 4.17. The van der Waals surface area contributed by atoms with Crippen molar-refractivity contribution in [1.82, 2.24) is 29.9 Å². The Morgan fingerprint density at radius 1 is 0.968 bits per heavy atom. The lowest BCUT2D eigenvalue weighted by molar-refractivity contribution is 0.122. The van der Waals surface area contributed by atoms with Crippen LogP contribution >= 0.6 is 0 Å². The fourth-order valence-electron chi connectivity index (χ4n) is 3.49. The van der Waals surface area contributed by atoms with Crippen molar-refractivity contribution in [2.24, 2.45) is 0 Å². The Balaban J connectivity index is 1.35. The average Bonchev–Trinajstić information content (AvgIpc) is 3.43. The van der Waals surface area contributed by atoms with Gasteiger partial charge in [0.2, 0.25) is 11.6 Å². The fraction of sp³-hybridized carbons (Fsp3) is 0.318. The molecule has 0 atom stereocenters. The van der Waals surface area contributed by atoms with Crippen LogP contribution in [0, 0.1) is 13.8 Å². The number of benzene rings is 1. The van der Waals surface area contributed by atoms with Gasteiger partial charge in [0.1, 0.15) is 11.6 Å². The van der Waals surface area contributed by atoms with Crippen LogP contribution < -0.4 is 4.90 Å². The summed E-state index contributed by atoms with van der Waals surface area (Å²) in [5.74, 6) is 2.98. The van der Waals surface area contributed by atoms with Gasteiger partial charge in [0.15, 0.2) is 0 Å². The molecule has 1 aromatic carbocycles. The van der Waals surface area contributed by atoms with E-state index in [9.17, 15) is 0 Å². The third-order valence-corrected chi connectivity index (χ3v) is 5.26. The number of hydrogen-bond acceptors (Lipinski definition) is 8. The Morgan fingerprint density at radius 3 is 2.58 bits per heavy atom. The molecule has 31 heavy (non-hydrogen) atoms. The summed E-state index contributed by atoms with van der Waals surface area (Å²) in [6.07, 6.45) is 1.83. The summed E-state index contributed by atoms with van der Waals surface area (Å²) < 4.78 is 12.7. The van der Waals surface area contributed by atoms with E-state index in [2.05, 4.69) is 36.2 Å². The maximum atomic E-state index is 5.43. The van der Waals surface area contributed by atoms with Crippen molar-refractivity contribution in [3.8, 4) is 23.1 Å². The van der Waals surface area contributed by atoms with Gasteiger partial charge in [-0.05, 0) is 31.5 Å². The van der Waals surface area contributed by atoms with Gasteiger partial charge in [-0.2, -0.15) is 4.98 Å². The molecule has 3 aromatic heterocycles. The molecule has 0 N–H and O–H groups in total. The lowest BCUT2D eigenvalue weighted by atomic mass is 10.1. The van der Waals surface area contributed by atoms with E-state index < -0.39 is 0 Å². The number of aryl methyl sites for hydroxylation is 2. The second-order valence-electron chi connectivity index (χ2n) is 7.55. The number of rotatable bonds is 5. The maximum Gasteiger partial charge on any atom is 0.297 e. The topological polar surface area (TPSA) is 95.0 Å². The summed E-state index contributed by atoms with van der Waals surface area (Å²) >= 11 is 0. The molecule has 0 amide bonds. The molecule has 0 saturated carbocycles. The molecule has 0 aliphatic carbocycles. The first kappa shape index (κ1) is 19.4. The van der Waals surface area contributed by atoms with Gasteiger partial charge >= 0.3 is 0 Å². The van der Waals surface area contributed by atoms with Crippen molar-refractivity contribution in [3.63, 3.8) is 0 Å². The normalized spacial score (nSPS) is 14.2. The fourth-order valence-corrected chi connectivity index (χ4v) is 3.49. The average molecular weight is 417 g/mol. The lowest BCUT2D eigenvalue weighted by Gasteiger charge is -2.28. The predicted octanol–water partition coefficient (Wildman–Crippen LogP) is 2.89. The molecule has 1 fully saturated rings. The minimum atomic E-state index is 0.307. The monoisotopic (exact) mass is 417 g/mol. The van der Waals surface area contributed by atoms with Gasteiger partial charge in [-0.3, -0.25) is 0 Å². The third-order valence-electron chi connectivity index (χ3n) is 5.26. The molecule has 9 nitrogen and oxygen atoms in total. The second kappa shape index (κ2) is 8.27. The summed E-state index contributed by atoms with van der Waals surface area (Å²) in [4.78, 5) is 15.7. The molecular weight excluding hydrogens is 394 g/mol. The molecule has 0 radical (unpaired) electrons. The minimum absolute atomic E-state index is 0.307. The van der Waals surface area contributed by atoms with Crippen LogP contribution in [-0.4, -0.2) is 56.2 Å². The number of aromatic nitrogens is 6. The van der Waals surface area contributed by atoms with E-state index in [0.717, 1.165) is 49.1 Å². The van der Waals surface area contributed by atoms with E-state index in [1.165, 1.54) is 5.56 Å². The summed E-state index contributed by atoms with van der Waals surface area (Å²) in [5.41, 5.74) is 3.17. The molecule has 1 aliphatic heterocycles. The second-order valence-corrected chi connectivity index (χ2v) is 7.55. The smallest absolute Gasteiger partial charge is 0.297 e. The number of pyridine rings is 1. The standard InChI is InChI=1S/C22H23N7O2/c1-15-3-5-18(6-4-15)20-25-22(31-27-20)21-24-16(2)29(26-21)14-17-7-8-23-19(13-17)28-9-11-30-12-10-28/h3-8,13H,9-12,14H2,1-2H3. The predicted molar refractivity (Wildman–Crippen MR) is 115 cm³/mol. The van der Waals surface area contributed by atoms with E-state index in [0.29, 0.717) is 24.1 Å². The first-order chi connectivity index (χ1) is 15.2. The van der Waals surface area contributed by atoms with Crippen LogP contribution in [0.2, 0.25) is 0 Å². The van der Waals surface area contributed by atoms with Gasteiger partial charge in [0.05, 0.1) is 19.8 Å². The van der Waals surface area contributed by atoms with Crippen LogP contribution in [0.5, 0.6) is 0 Å². The van der Waals surface area contributed by atoms with Crippen LogP contribution in [0.15, 0.2) is 47.1 Å². The van der Waals surface area contributed by atoms with E-state index in [1.54, 1.807) is 0 Å². The highest BCUT2D eigenvalue weighted by molar-refractivity contribution is 5.57. The highest BCUT2D eigenvalue weighted by Gasteiger charge is 2.17. The molecular formula is C22H23N7O2. The SMILES string of the molecule is Cc1ccc(-c2noc(-c3nc(C)n(Cc4ccnc(N5CCOCC5)c4)n3)n2)cc1. The highest BCUT2D eigenvalue weighted by atomic mass is 16.5. The zero-order chi connectivity index (χ0) is 21.2. The van der Waals surface area contributed by atoms with Crippen LogP contribution in [0.3, 0.4) is 0 Å². The van der Waals surface area contributed by atoms with Crippen molar-refractivity contribution < 1.29 is 9.26 Å². The Bertz CT molecular complexity index is 1180. The van der Waals surface area contributed by atoms with Crippen molar-refractivity contribution in [3.05, 3.63) is 59.5 Å². The molecule has 0 bridgehead atoms. The Hall–Kier alpha value is -3.59. The van der Waals surface area contributed by atoms with Crippen molar-refractivity contribution in [1.29, 1.82) is 0 Å². The molecule has 1 aliphatic rings. The first-order valence-corrected chi connectivity index (χ1v) is 10.3. The van der Waals surface area contributed by atoms with Gasteiger partial charge in [-0.25, -0.2) is 14.6 Å². The first-order valence-electron chi connectivity index (χ1n) is 10.3. The Kier molecular flexibility index (Phi) is 5.17. The lowest BCUT2D eigenvalue weighted by Crippen LogP contribution is -2.36. The number of morpholine rings is 1. The summed E-state index contributed by atoms with van der Waals surface area (Å²) in [6.45, 7) is 7.69. The van der Waals surface area contributed by atoms with Crippen molar-refractivity contribution in [2.45, 2.75) is 20.4 Å². The molecule has 5 rings (SSSR count). The molecule has 0 spiro atoms. The quantitative estimate of drug-likeness (QED) is 0.489. The molecule has 158 valence electrons. The van der Waals surface area contributed by atoms with E-state index in [-0.39, 0.29) is 0 Å². The van der Waals surface area contributed by atoms with Gasteiger partial charge in [0.25, 0.3) is 5.89 Å². The summed E-state index contributed by atoms with van der Waals surface area (Å²) in [5, 5.41) is 8.67. The molecule has 4 heterocycles. The van der Waals surface area contributed by atoms with Crippen molar-refractivity contribution >= 4 is 5.82 Å². The summed E-state index contributed by atoms with van der Waals surface area (Å²) in [6, 6.07) is 12.1. The van der Waals surface area contributed by atoms with Crippen LogP contribution in [0.4, 0.5) is 5.82 Å². The zero-order valence-electron chi connectivity index (χ0n) is 17.5. The van der Waals surface area contributed by atoms with Gasteiger partial charge < -0.3 is 14.2 Å². The van der Waals surface area contributed by atoms with Crippen LogP contribution in [-0.2, 0) is 11.3 Å². The molecule has 0 unspecified atom stereocenters. The van der Waals surface area contributed by atoms with Gasteiger partial charge in [0, 0.05) is 24.8 Å². The van der Waals surface area contributed by atoms with Gasteiger partial charge in [-0.1, -0.05) is 35.0 Å². The summed E-state index contributed by atoms with van der Waals surface area (Å²) in [7, 11) is 0. The Morgan fingerprint density at radius 2 is 1.77 bits per heavy atom. The van der Waals surface area contributed by atoms with E-state index in [1.807, 2.05) is 55.1 Å². The molecule has 4 aromatic rings.